The van der Waals surface area contributed by atoms with Crippen molar-refractivity contribution in [1.29, 1.82) is 0 Å². The monoisotopic (exact) mass is 438 g/mol. The van der Waals surface area contributed by atoms with Gasteiger partial charge in [0.05, 0.1) is 24.6 Å². The van der Waals surface area contributed by atoms with E-state index in [-0.39, 0.29) is 47.3 Å². The fraction of sp³-hybridized carbons (Fsp3) is 0.500. The molecule has 0 aromatic heterocycles. The number of piperidine rings is 1. The maximum Gasteiger partial charge on any atom is 0.221 e. The Balaban J connectivity index is 1.59. The molecule has 2 heterocycles. The topological polar surface area (TPSA) is 92.8 Å². The van der Waals surface area contributed by atoms with Gasteiger partial charge in [-0.2, -0.15) is 0 Å². The minimum atomic E-state index is -0.775. The number of hydrogen-bond acceptors (Lipinski definition) is 7. The van der Waals surface area contributed by atoms with E-state index in [0.29, 0.717) is 29.3 Å². The first-order valence-electron chi connectivity index (χ1n) is 9.52. The number of Topliss-reactive ketones (excluding diaryl/α,β-unsaturated/α-hetero) is 2. The van der Waals surface area contributed by atoms with Crippen molar-refractivity contribution in [1.82, 2.24) is 10.2 Å². The van der Waals surface area contributed by atoms with Crippen LogP contribution in [0.4, 0.5) is 0 Å². The number of thioether (sulfide) groups is 1. The van der Waals surface area contributed by atoms with E-state index in [9.17, 15) is 19.2 Å². The molecule has 29 heavy (non-hydrogen) atoms. The highest BCUT2D eigenvalue weighted by molar-refractivity contribution is 8.15. The van der Waals surface area contributed by atoms with Crippen molar-refractivity contribution in [2.24, 2.45) is 0 Å². The van der Waals surface area contributed by atoms with Crippen molar-refractivity contribution in [3.63, 3.8) is 0 Å². The average Bonchev–Trinajstić information content (AvgIpc) is 3.04. The Bertz CT molecular complexity index is 815. The van der Waals surface area contributed by atoms with Gasteiger partial charge in [-0.15, -0.1) is 0 Å². The molecule has 1 aromatic carbocycles. The standard InChI is InChI=1S/C20H23ClN2O5S/c1-28-16-7-5-12(21)10-13(16)14(24)6-8-18(26)22-17-4-2-3-9-23(17)19-15(25)11-29-20(19)27/h5,7,10,17,19H,2-4,6,8-9,11H2,1H3,(H,22,26). The van der Waals surface area contributed by atoms with Gasteiger partial charge in [0.1, 0.15) is 11.8 Å². The number of likely N-dealkylation sites (tertiary alicyclic amines) is 1. The summed E-state index contributed by atoms with van der Waals surface area (Å²) in [4.78, 5) is 51.0. The highest BCUT2D eigenvalue weighted by atomic mass is 35.5. The van der Waals surface area contributed by atoms with Crippen LogP contribution in [0.2, 0.25) is 5.02 Å². The Morgan fingerprint density at radius 3 is 2.76 bits per heavy atom. The molecule has 1 aromatic rings. The van der Waals surface area contributed by atoms with Gasteiger partial charge in [-0.25, -0.2) is 0 Å². The van der Waals surface area contributed by atoms with E-state index in [1.54, 1.807) is 17.0 Å². The zero-order valence-corrected chi connectivity index (χ0v) is 17.7. The lowest BCUT2D eigenvalue weighted by atomic mass is 10.0. The normalized spacial score (nSPS) is 22.6. The first-order chi connectivity index (χ1) is 13.9. The van der Waals surface area contributed by atoms with Gasteiger partial charge in [-0.3, -0.25) is 24.1 Å². The smallest absolute Gasteiger partial charge is 0.221 e. The SMILES string of the molecule is COc1ccc(Cl)cc1C(=O)CCC(=O)NC1CCCCN1C1C(=O)CSC1=O. The van der Waals surface area contributed by atoms with E-state index < -0.39 is 6.04 Å². The minimum Gasteiger partial charge on any atom is -0.496 e. The van der Waals surface area contributed by atoms with Gasteiger partial charge in [0.25, 0.3) is 0 Å². The van der Waals surface area contributed by atoms with Crippen LogP contribution in [0.25, 0.3) is 0 Å². The zero-order valence-electron chi connectivity index (χ0n) is 16.1. The van der Waals surface area contributed by atoms with E-state index in [1.165, 1.54) is 13.2 Å². The second kappa shape index (κ2) is 9.73. The summed E-state index contributed by atoms with van der Waals surface area (Å²) in [5, 5.41) is 3.16. The largest absolute Gasteiger partial charge is 0.496 e. The molecule has 2 aliphatic heterocycles. The van der Waals surface area contributed by atoms with Crippen LogP contribution in [-0.4, -0.2) is 59.1 Å². The van der Waals surface area contributed by atoms with Crippen molar-refractivity contribution < 1.29 is 23.9 Å². The van der Waals surface area contributed by atoms with Gasteiger partial charge in [0.2, 0.25) is 11.0 Å². The molecule has 1 amide bonds. The van der Waals surface area contributed by atoms with Gasteiger partial charge in [0.15, 0.2) is 11.6 Å². The van der Waals surface area contributed by atoms with Crippen molar-refractivity contribution in [3.8, 4) is 5.75 Å². The number of halogens is 1. The molecule has 1 N–H and O–H groups in total. The lowest BCUT2D eigenvalue weighted by molar-refractivity contribution is -0.133. The van der Waals surface area contributed by atoms with E-state index in [1.807, 2.05) is 0 Å². The number of nitrogens with one attached hydrogen (secondary N) is 1. The van der Waals surface area contributed by atoms with E-state index in [4.69, 9.17) is 16.3 Å². The first-order valence-corrected chi connectivity index (χ1v) is 10.9. The number of hydrogen-bond donors (Lipinski definition) is 1. The van der Waals surface area contributed by atoms with Gasteiger partial charge >= 0.3 is 0 Å². The van der Waals surface area contributed by atoms with Crippen LogP contribution in [-0.2, 0) is 14.4 Å². The maximum atomic E-state index is 12.5. The van der Waals surface area contributed by atoms with Gasteiger partial charge in [0, 0.05) is 24.4 Å². The van der Waals surface area contributed by atoms with Crippen molar-refractivity contribution >= 4 is 46.0 Å². The fourth-order valence-corrected chi connectivity index (χ4v) is 4.73. The van der Waals surface area contributed by atoms with Crippen LogP contribution in [0.5, 0.6) is 5.75 Å². The molecular weight excluding hydrogens is 416 g/mol. The molecule has 0 radical (unpaired) electrons. The molecule has 2 atom stereocenters. The number of nitrogens with zero attached hydrogens (tertiary/aromatic N) is 1. The Morgan fingerprint density at radius 1 is 1.28 bits per heavy atom. The predicted molar refractivity (Wildman–Crippen MR) is 110 cm³/mol. The molecule has 2 unspecified atom stereocenters. The average molecular weight is 439 g/mol. The van der Waals surface area contributed by atoms with Crippen LogP contribution in [0.15, 0.2) is 18.2 Å². The van der Waals surface area contributed by atoms with E-state index in [2.05, 4.69) is 5.32 Å². The van der Waals surface area contributed by atoms with Crippen LogP contribution >= 0.6 is 23.4 Å². The second-order valence-corrected chi connectivity index (χ2v) is 8.48. The molecule has 0 spiro atoms. The summed E-state index contributed by atoms with van der Waals surface area (Å²) in [7, 11) is 1.47. The summed E-state index contributed by atoms with van der Waals surface area (Å²) >= 11 is 7.00. The summed E-state index contributed by atoms with van der Waals surface area (Å²) in [6.45, 7) is 0.590. The highest BCUT2D eigenvalue weighted by Crippen LogP contribution is 2.27. The van der Waals surface area contributed by atoms with Crippen molar-refractivity contribution in [2.75, 3.05) is 19.4 Å². The predicted octanol–water partition coefficient (Wildman–Crippen LogP) is 2.45. The summed E-state index contributed by atoms with van der Waals surface area (Å²) in [5.74, 6) is -0.0332. The molecule has 9 heteroatoms. The number of methoxy groups -OCH3 is 1. The van der Waals surface area contributed by atoms with Crippen LogP contribution in [0, 0.1) is 0 Å². The van der Waals surface area contributed by atoms with Gasteiger partial charge < -0.3 is 10.1 Å². The number of ether oxygens (including phenoxy) is 1. The number of benzene rings is 1. The quantitative estimate of drug-likeness (QED) is 0.516. The molecule has 0 saturated carbocycles. The van der Waals surface area contributed by atoms with Gasteiger partial charge in [-0.1, -0.05) is 23.4 Å². The lowest BCUT2D eigenvalue weighted by Crippen LogP contribution is -2.57. The lowest BCUT2D eigenvalue weighted by Gasteiger charge is -2.38. The molecule has 156 valence electrons. The van der Waals surface area contributed by atoms with E-state index in [0.717, 1.165) is 24.6 Å². The number of carbonyl (C=O) groups excluding carboxylic acids is 4. The Kier molecular flexibility index (Phi) is 7.32. The third-order valence-electron chi connectivity index (χ3n) is 5.13. The Labute approximate surface area is 178 Å². The van der Waals surface area contributed by atoms with E-state index >= 15 is 0 Å². The molecular formula is C20H23ClN2O5S. The third kappa shape index (κ3) is 5.18. The third-order valence-corrected chi connectivity index (χ3v) is 6.30. The number of carbonyl (C=O) groups is 4. The molecule has 2 aliphatic rings. The Hall–Kier alpha value is -1.90. The van der Waals surface area contributed by atoms with Crippen molar-refractivity contribution in [2.45, 2.75) is 44.3 Å². The minimum absolute atomic E-state index is 0.000149. The summed E-state index contributed by atoms with van der Waals surface area (Å²) < 4.78 is 5.19. The van der Waals surface area contributed by atoms with Crippen LogP contribution in [0.1, 0.15) is 42.5 Å². The Morgan fingerprint density at radius 2 is 2.07 bits per heavy atom. The molecule has 2 saturated heterocycles. The number of ketones is 2. The first kappa shape index (κ1) is 21.8. The summed E-state index contributed by atoms with van der Waals surface area (Å²) in [6.07, 6.45) is 2.09. The summed E-state index contributed by atoms with van der Waals surface area (Å²) in [5.41, 5.74) is 0.339. The summed E-state index contributed by atoms with van der Waals surface area (Å²) in [6, 6.07) is 4.00. The van der Waals surface area contributed by atoms with Crippen LogP contribution in [0.3, 0.4) is 0 Å². The molecule has 3 rings (SSSR count). The number of rotatable bonds is 7. The van der Waals surface area contributed by atoms with Crippen LogP contribution < -0.4 is 10.1 Å². The highest BCUT2D eigenvalue weighted by Gasteiger charge is 2.42. The molecule has 0 bridgehead atoms. The fourth-order valence-electron chi connectivity index (χ4n) is 3.69. The molecule has 7 nitrogen and oxygen atoms in total. The van der Waals surface area contributed by atoms with Gasteiger partial charge in [-0.05, 0) is 37.5 Å². The zero-order chi connectivity index (χ0) is 21.0. The maximum absolute atomic E-state index is 12.5. The van der Waals surface area contributed by atoms with Crippen molar-refractivity contribution in [3.05, 3.63) is 28.8 Å². The second-order valence-electron chi connectivity index (χ2n) is 7.06. The number of amides is 1. The molecule has 0 aliphatic carbocycles. The molecule has 2 fully saturated rings.